The van der Waals surface area contributed by atoms with Crippen LogP contribution in [0.3, 0.4) is 0 Å². The van der Waals surface area contributed by atoms with E-state index in [1.807, 2.05) is 30.5 Å². The van der Waals surface area contributed by atoms with Gasteiger partial charge >= 0.3 is 0 Å². The molecule has 0 unspecified atom stereocenters. The minimum absolute atomic E-state index is 0.322. The van der Waals surface area contributed by atoms with Gasteiger partial charge in [0, 0.05) is 10.9 Å². The number of methoxy groups -OCH3 is 1. The van der Waals surface area contributed by atoms with Gasteiger partial charge in [-0.2, -0.15) is 0 Å². The van der Waals surface area contributed by atoms with Gasteiger partial charge in [0.2, 0.25) is 0 Å². The highest BCUT2D eigenvalue weighted by Crippen LogP contribution is 2.35. The zero-order valence-electron chi connectivity index (χ0n) is 13.2. The lowest BCUT2D eigenvalue weighted by Crippen LogP contribution is -2.09. The van der Waals surface area contributed by atoms with Gasteiger partial charge in [-0.05, 0) is 31.2 Å². The van der Waals surface area contributed by atoms with Gasteiger partial charge in [-0.15, -0.1) is 11.3 Å². The van der Waals surface area contributed by atoms with Gasteiger partial charge in [0.25, 0.3) is 5.91 Å². The van der Waals surface area contributed by atoms with Crippen molar-refractivity contribution in [3.63, 3.8) is 0 Å². The second kappa shape index (κ2) is 6.76. The number of thiazole rings is 1. The third-order valence-corrected chi connectivity index (χ3v) is 4.24. The molecule has 1 amide bonds. The molecule has 0 atom stereocenters. The normalized spacial score (nSPS) is 10.6. The van der Waals surface area contributed by atoms with Crippen molar-refractivity contribution in [2.24, 2.45) is 5.73 Å². The van der Waals surface area contributed by atoms with Crippen molar-refractivity contribution in [1.29, 1.82) is 0 Å². The highest BCUT2D eigenvalue weighted by molar-refractivity contribution is 7.13. The summed E-state index contributed by atoms with van der Waals surface area (Å²) in [5.74, 6) is 1.32. The first-order valence-corrected chi connectivity index (χ1v) is 8.15. The topological polar surface area (TPSA) is 87.6 Å². The maximum atomic E-state index is 11.1. The fraction of sp³-hybridized carbons (Fsp3) is 0.176. The van der Waals surface area contributed by atoms with E-state index in [0.717, 1.165) is 10.6 Å². The van der Waals surface area contributed by atoms with Crippen molar-refractivity contribution >= 4 is 17.2 Å². The van der Waals surface area contributed by atoms with Gasteiger partial charge in [0.15, 0.2) is 17.3 Å². The summed E-state index contributed by atoms with van der Waals surface area (Å²) >= 11 is 1.47. The standard InChI is InChI=1S/C17H16N2O4S/c1-3-22-13-5-4-10(6-15(13)21-2)17-19-12(9-24-17)14-7-11(8-23-14)16(18)20/h4-9H,3H2,1-2H3,(H2,18,20). The lowest BCUT2D eigenvalue weighted by atomic mass is 10.2. The molecule has 3 rings (SSSR count). The molecule has 24 heavy (non-hydrogen) atoms. The van der Waals surface area contributed by atoms with Gasteiger partial charge in [0.1, 0.15) is 17.0 Å². The molecule has 0 aliphatic carbocycles. The summed E-state index contributed by atoms with van der Waals surface area (Å²) in [6.45, 7) is 2.49. The van der Waals surface area contributed by atoms with E-state index in [1.54, 1.807) is 13.2 Å². The van der Waals surface area contributed by atoms with Crippen molar-refractivity contribution in [1.82, 2.24) is 4.98 Å². The van der Waals surface area contributed by atoms with Crippen LogP contribution < -0.4 is 15.2 Å². The van der Waals surface area contributed by atoms with Gasteiger partial charge in [0.05, 0.1) is 19.3 Å². The summed E-state index contributed by atoms with van der Waals surface area (Å²) < 4.78 is 16.2. The van der Waals surface area contributed by atoms with Crippen LogP contribution in [0.25, 0.3) is 22.0 Å². The van der Waals surface area contributed by atoms with Crippen molar-refractivity contribution in [3.05, 3.63) is 41.5 Å². The minimum Gasteiger partial charge on any atom is -0.493 e. The Hall–Kier alpha value is -2.80. The molecule has 3 aromatic rings. The number of primary amides is 1. The molecule has 2 aromatic heterocycles. The van der Waals surface area contributed by atoms with Crippen molar-refractivity contribution in [3.8, 4) is 33.5 Å². The smallest absolute Gasteiger partial charge is 0.251 e. The third kappa shape index (κ3) is 3.11. The number of hydrogen-bond acceptors (Lipinski definition) is 6. The maximum absolute atomic E-state index is 11.1. The molecule has 2 N–H and O–H groups in total. The number of aromatic nitrogens is 1. The van der Waals surface area contributed by atoms with E-state index in [9.17, 15) is 4.79 Å². The maximum Gasteiger partial charge on any atom is 0.251 e. The first-order valence-electron chi connectivity index (χ1n) is 7.27. The summed E-state index contributed by atoms with van der Waals surface area (Å²) in [4.78, 5) is 15.7. The average Bonchev–Trinajstić information content (AvgIpc) is 3.24. The summed E-state index contributed by atoms with van der Waals surface area (Å²) in [5, 5.41) is 2.67. The number of benzene rings is 1. The summed E-state index contributed by atoms with van der Waals surface area (Å²) in [6, 6.07) is 7.24. The van der Waals surface area contributed by atoms with Crippen molar-refractivity contribution in [2.45, 2.75) is 6.92 Å². The predicted molar refractivity (Wildman–Crippen MR) is 91.5 cm³/mol. The quantitative estimate of drug-likeness (QED) is 0.738. The molecule has 0 bridgehead atoms. The predicted octanol–water partition coefficient (Wildman–Crippen LogP) is 3.58. The first kappa shape index (κ1) is 16.1. The second-order valence-corrected chi connectivity index (χ2v) is 5.76. The van der Waals surface area contributed by atoms with Crippen LogP contribution in [-0.2, 0) is 0 Å². The van der Waals surface area contributed by atoms with Gasteiger partial charge in [-0.3, -0.25) is 4.79 Å². The number of rotatable bonds is 6. The fourth-order valence-electron chi connectivity index (χ4n) is 2.19. The molecule has 2 heterocycles. The van der Waals surface area contributed by atoms with E-state index in [-0.39, 0.29) is 0 Å². The number of furan rings is 1. The SMILES string of the molecule is CCOc1ccc(-c2nc(-c3cc(C(N)=O)co3)cs2)cc1OC. The summed E-state index contributed by atoms with van der Waals surface area (Å²) in [7, 11) is 1.60. The van der Waals surface area contributed by atoms with Crippen LogP contribution in [0.1, 0.15) is 17.3 Å². The molecule has 0 aliphatic rings. The second-order valence-electron chi connectivity index (χ2n) is 4.90. The Bertz CT molecular complexity index is 869. The Labute approximate surface area is 142 Å². The Kier molecular flexibility index (Phi) is 4.52. The number of nitrogens with two attached hydrogens (primary N) is 1. The molecule has 6 nitrogen and oxygen atoms in total. The van der Waals surface area contributed by atoms with Gasteiger partial charge < -0.3 is 19.6 Å². The Morgan fingerprint density at radius 3 is 2.83 bits per heavy atom. The van der Waals surface area contributed by atoms with Crippen LogP contribution in [0.5, 0.6) is 11.5 Å². The Morgan fingerprint density at radius 2 is 2.17 bits per heavy atom. The van der Waals surface area contributed by atoms with Crippen molar-refractivity contribution < 1.29 is 18.7 Å². The molecular formula is C17H16N2O4S. The zero-order valence-corrected chi connectivity index (χ0v) is 14.1. The molecule has 0 saturated carbocycles. The Balaban J connectivity index is 1.91. The molecule has 0 fully saturated rings. The molecule has 1 aromatic carbocycles. The van der Waals surface area contributed by atoms with Crippen LogP contribution in [-0.4, -0.2) is 24.6 Å². The monoisotopic (exact) mass is 344 g/mol. The number of carbonyl (C=O) groups excluding carboxylic acids is 1. The molecule has 124 valence electrons. The highest BCUT2D eigenvalue weighted by atomic mass is 32.1. The number of hydrogen-bond donors (Lipinski definition) is 1. The van der Waals surface area contributed by atoms with Crippen LogP contribution in [0.4, 0.5) is 0 Å². The fourth-order valence-corrected chi connectivity index (χ4v) is 3.00. The lowest BCUT2D eigenvalue weighted by Gasteiger charge is -2.09. The van der Waals surface area contributed by atoms with E-state index < -0.39 is 5.91 Å². The molecule has 0 spiro atoms. The largest absolute Gasteiger partial charge is 0.493 e. The molecule has 0 aliphatic heterocycles. The minimum atomic E-state index is -0.531. The number of amides is 1. The molecule has 0 radical (unpaired) electrons. The summed E-state index contributed by atoms with van der Waals surface area (Å²) in [6.07, 6.45) is 1.33. The summed E-state index contributed by atoms with van der Waals surface area (Å²) in [5.41, 5.74) is 7.11. The van der Waals surface area contributed by atoms with E-state index in [4.69, 9.17) is 19.6 Å². The third-order valence-electron chi connectivity index (χ3n) is 3.35. The zero-order chi connectivity index (χ0) is 17.1. The van der Waals surface area contributed by atoms with Crippen LogP contribution in [0.15, 0.2) is 40.3 Å². The average molecular weight is 344 g/mol. The van der Waals surface area contributed by atoms with Gasteiger partial charge in [-0.25, -0.2) is 4.98 Å². The Morgan fingerprint density at radius 1 is 1.33 bits per heavy atom. The van der Waals surface area contributed by atoms with Crippen LogP contribution >= 0.6 is 11.3 Å². The number of ether oxygens (including phenoxy) is 2. The van der Waals surface area contributed by atoms with E-state index in [0.29, 0.717) is 35.1 Å². The van der Waals surface area contributed by atoms with E-state index in [1.165, 1.54) is 17.6 Å². The number of carbonyl (C=O) groups is 1. The molecule has 0 saturated heterocycles. The number of nitrogens with zero attached hydrogens (tertiary/aromatic N) is 1. The van der Waals surface area contributed by atoms with E-state index in [2.05, 4.69) is 4.98 Å². The van der Waals surface area contributed by atoms with Gasteiger partial charge in [-0.1, -0.05) is 0 Å². The van der Waals surface area contributed by atoms with Crippen LogP contribution in [0.2, 0.25) is 0 Å². The highest BCUT2D eigenvalue weighted by Gasteiger charge is 2.14. The molecular weight excluding hydrogens is 328 g/mol. The molecule has 7 heteroatoms. The lowest BCUT2D eigenvalue weighted by molar-refractivity contribution is 0.0999. The van der Waals surface area contributed by atoms with E-state index >= 15 is 0 Å². The first-order chi connectivity index (χ1) is 11.6. The van der Waals surface area contributed by atoms with Crippen LogP contribution in [0, 0.1) is 0 Å². The van der Waals surface area contributed by atoms with Crippen molar-refractivity contribution in [2.75, 3.05) is 13.7 Å².